The number of anilines is 1. The van der Waals surface area contributed by atoms with E-state index in [9.17, 15) is 13.2 Å². The molecule has 0 unspecified atom stereocenters. The van der Waals surface area contributed by atoms with Crippen LogP contribution in [-0.4, -0.2) is 96.2 Å². The topological polar surface area (TPSA) is 92.3 Å². The molecule has 0 fully saturated rings. The Labute approximate surface area is 229 Å². The molecular formula is C25H35ClN4O5S2. The lowest BCUT2D eigenvalue weighted by Crippen LogP contribution is -2.37. The number of rotatable bonds is 13. The van der Waals surface area contributed by atoms with Crippen molar-refractivity contribution in [2.45, 2.75) is 11.8 Å². The summed E-state index contributed by atoms with van der Waals surface area (Å²) in [7, 11) is 3.17. The van der Waals surface area contributed by atoms with Gasteiger partial charge in [0.15, 0.2) is 5.13 Å². The van der Waals surface area contributed by atoms with E-state index in [0.717, 1.165) is 15.8 Å². The Hall–Kier alpha value is -2.12. The van der Waals surface area contributed by atoms with Crippen LogP contribution >= 0.6 is 23.7 Å². The fourth-order valence-corrected chi connectivity index (χ4v) is 6.06. The number of amides is 1. The number of hydrogen-bond donors (Lipinski definition) is 0. The smallest absolute Gasteiger partial charge is 0.260 e. The van der Waals surface area contributed by atoms with E-state index in [-0.39, 0.29) is 49.5 Å². The number of likely N-dealkylation sites (N-methyl/N-ethyl adjacent to an activating group) is 1. The Morgan fingerprint density at radius 2 is 1.57 bits per heavy atom. The molecule has 0 radical (unpaired) electrons. The highest BCUT2D eigenvalue weighted by molar-refractivity contribution is 7.89. The van der Waals surface area contributed by atoms with Crippen molar-refractivity contribution in [2.24, 2.45) is 0 Å². The zero-order chi connectivity index (χ0) is 26.3. The fourth-order valence-electron chi connectivity index (χ4n) is 3.59. The highest BCUT2D eigenvalue weighted by Crippen LogP contribution is 2.31. The summed E-state index contributed by atoms with van der Waals surface area (Å²) in [5.74, 6) is -0.229. The summed E-state index contributed by atoms with van der Waals surface area (Å²) in [6.45, 7) is 4.05. The lowest BCUT2D eigenvalue weighted by atomic mass is 10.2. The minimum atomic E-state index is -3.77. The molecule has 0 aliphatic heterocycles. The van der Waals surface area contributed by atoms with Crippen LogP contribution in [0.2, 0.25) is 0 Å². The molecule has 0 saturated heterocycles. The van der Waals surface area contributed by atoms with E-state index >= 15 is 0 Å². The quantitative estimate of drug-likeness (QED) is 0.310. The first-order valence-corrected chi connectivity index (χ1v) is 13.9. The van der Waals surface area contributed by atoms with Gasteiger partial charge < -0.3 is 14.4 Å². The minimum absolute atomic E-state index is 0. The number of para-hydroxylation sites is 1. The Kier molecular flexibility index (Phi) is 11.9. The minimum Gasteiger partial charge on any atom is -0.383 e. The average molecular weight is 571 g/mol. The summed E-state index contributed by atoms with van der Waals surface area (Å²) < 4.78 is 38.9. The predicted molar refractivity (Wildman–Crippen MR) is 151 cm³/mol. The number of aryl methyl sites for hydroxylation is 1. The van der Waals surface area contributed by atoms with Gasteiger partial charge in [-0.15, -0.1) is 12.4 Å². The Morgan fingerprint density at radius 3 is 2.11 bits per heavy atom. The summed E-state index contributed by atoms with van der Waals surface area (Å²) in [6, 6.07) is 12.0. The van der Waals surface area contributed by atoms with Gasteiger partial charge in [-0.2, -0.15) is 4.31 Å². The Balaban J connectivity index is 0.00000481. The SMILES string of the molecule is COCCN(CCOC)S(=O)(=O)c1ccc(C(=O)N(CCN(C)C)c2nc3c(C)cccc3s2)cc1.Cl. The molecule has 37 heavy (non-hydrogen) atoms. The summed E-state index contributed by atoms with van der Waals surface area (Å²) in [5.41, 5.74) is 2.33. The largest absolute Gasteiger partial charge is 0.383 e. The first kappa shape index (κ1) is 31.1. The second kappa shape index (κ2) is 14.1. The van der Waals surface area contributed by atoms with Crippen LogP contribution < -0.4 is 4.90 Å². The Morgan fingerprint density at radius 1 is 0.946 bits per heavy atom. The van der Waals surface area contributed by atoms with Gasteiger partial charge in [-0.05, 0) is 56.9 Å². The van der Waals surface area contributed by atoms with Crippen molar-refractivity contribution < 1.29 is 22.7 Å². The monoisotopic (exact) mass is 570 g/mol. The third-order valence-corrected chi connectivity index (χ3v) is 8.64. The first-order chi connectivity index (χ1) is 17.2. The number of thiazole rings is 1. The molecule has 12 heteroatoms. The van der Waals surface area contributed by atoms with Crippen molar-refractivity contribution in [3.05, 3.63) is 53.6 Å². The van der Waals surface area contributed by atoms with Gasteiger partial charge >= 0.3 is 0 Å². The molecule has 3 rings (SSSR count). The van der Waals surface area contributed by atoms with Gasteiger partial charge in [0.1, 0.15) is 0 Å². The summed E-state index contributed by atoms with van der Waals surface area (Å²) >= 11 is 1.47. The van der Waals surface area contributed by atoms with Crippen LogP contribution in [0.25, 0.3) is 10.2 Å². The maximum absolute atomic E-state index is 13.6. The third-order valence-electron chi connectivity index (χ3n) is 5.68. The fraction of sp³-hybridized carbons (Fsp3) is 0.440. The van der Waals surface area contributed by atoms with Crippen LogP contribution in [-0.2, 0) is 19.5 Å². The normalized spacial score (nSPS) is 11.8. The van der Waals surface area contributed by atoms with Gasteiger partial charge in [0.2, 0.25) is 10.0 Å². The molecule has 0 bridgehead atoms. The number of halogens is 1. The predicted octanol–water partition coefficient (Wildman–Crippen LogP) is 3.52. The maximum atomic E-state index is 13.6. The number of nitrogens with zero attached hydrogens (tertiary/aromatic N) is 4. The van der Waals surface area contributed by atoms with Crippen molar-refractivity contribution in [1.82, 2.24) is 14.2 Å². The number of ether oxygens (including phenoxy) is 2. The number of carbonyl (C=O) groups is 1. The summed E-state index contributed by atoms with van der Waals surface area (Å²) in [4.78, 5) is 22.1. The standard InChI is InChI=1S/C25H34N4O5S2.ClH/c1-19-7-6-8-22-23(19)26-25(35-22)29(14-13-27(2)3)24(30)20-9-11-21(12-10-20)36(31,32)28(15-17-33-4)16-18-34-5;/h6-12H,13-18H2,1-5H3;1H. The van der Waals surface area contributed by atoms with Crippen LogP contribution in [0.15, 0.2) is 47.4 Å². The van der Waals surface area contributed by atoms with E-state index in [2.05, 4.69) is 0 Å². The molecule has 0 N–H and O–H groups in total. The molecule has 3 aromatic rings. The molecule has 0 saturated carbocycles. The number of aromatic nitrogens is 1. The van der Waals surface area contributed by atoms with E-state index < -0.39 is 10.0 Å². The van der Waals surface area contributed by atoms with Crippen LogP contribution in [0.3, 0.4) is 0 Å². The van der Waals surface area contributed by atoms with Crippen molar-refractivity contribution in [1.29, 1.82) is 0 Å². The van der Waals surface area contributed by atoms with Gasteiger partial charge in [-0.3, -0.25) is 9.69 Å². The molecule has 0 aliphatic carbocycles. The molecular weight excluding hydrogens is 536 g/mol. The molecule has 0 spiro atoms. The van der Waals surface area contributed by atoms with Crippen LogP contribution in [0.4, 0.5) is 5.13 Å². The van der Waals surface area contributed by atoms with E-state index in [1.54, 1.807) is 17.0 Å². The van der Waals surface area contributed by atoms with Gasteiger partial charge in [0.25, 0.3) is 5.91 Å². The van der Waals surface area contributed by atoms with Gasteiger partial charge in [0.05, 0.1) is 28.3 Å². The second-order valence-electron chi connectivity index (χ2n) is 8.59. The lowest BCUT2D eigenvalue weighted by molar-refractivity contribution is 0.0985. The number of benzene rings is 2. The van der Waals surface area contributed by atoms with Crippen LogP contribution in [0.1, 0.15) is 15.9 Å². The zero-order valence-corrected chi connectivity index (χ0v) is 24.3. The zero-order valence-electron chi connectivity index (χ0n) is 21.8. The van der Waals surface area contributed by atoms with E-state index in [4.69, 9.17) is 14.5 Å². The molecule has 204 valence electrons. The molecule has 1 amide bonds. The number of fused-ring (bicyclic) bond motifs is 1. The molecule has 0 aliphatic rings. The molecule has 0 atom stereocenters. The van der Waals surface area contributed by atoms with Crippen LogP contribution in [0, 0.1) is 6.92 Å². The van der Waals surface area contributed by atoms with Crippen molar-refractivity contribution in [3.63, 3.8) is 0 Å². The van der Waals surface area contributed by atoms with E-state index in [0.29, 0.717) is 23.8 Å². The third kappa shape index (κ3) is 7.70. The van der Waals surface area contributed by atoms with Crippen molar-refractivity contribution in [3.8, 4) is 0 Å². The molecule has 1 aromatic heterocycles. The van der Waals surface area contributed by atoms with Gasteiger partial charge in [0, 0.05) is 46.0 Å². The van der Waals surface area contributed by atoms with Crippen molar-refractivity contribution >= 4 is 55.0 Å². The Bertz CT molecular complexity index is 1260. The number of carbonyl (C=O) groups excluding carboxylic acids is 1. The number of hydrogen-bond acceptors (Lipinski definition) is 8. The molecule has 9 nitrogen and oxygen atoms in total. The molecule has 1 heterocycles. The second-order valence-corrected chi connectivity index (χ2v) is 11.5. The lowest BCUT2D eigenvalue weighted by Gasteiger charge is -2.23. The average Bonchev–Trinajstić information content (AvgIpc) is 3.29. The van der Waals surface area contributed by atoms with Crippen LogP contribution in [0.5, 0.6) is 0 Å². The number of methoxy groups -OCH3 is 2. The van der Waals surface area contributed by atoms with Gasteiger partial charge in [-0.1, -0.05) is 23.5 Å². The first-order valence-electron chi connectivity index (χ1n) is 11.6. The number of sulfonamides is 1. The molecule has 2 aromatic carbocycles. The summed E-state index contributed by atoms with van der Waals surface area (Å²) in [5, 5.41) is 0.619. The van der Waals surface area contributed by atoms with Crippen molar-refractivity contribution in [2.75, 3.05) is 72.6 Å². The highest BCUT2D eigenvalue weighted by atomic mass is 35.5. The van der Waals surface area contributed by atoms with E-state index in [1.807, 2.05) is 44.1 Å². The van der Waals surface area contributed by atoms with E-state index in [1.165, 1.54) is 42.0 Å². The van der Waals surface area contributed by atoms with Gasteiger partial charge in [-0.25, -0.2) is 13.4 Å². The maximum Gasteiger partial charge on any atom is 0.260 e. The summed E-state index contributed by atoms with van der Waals surface area (Å²) in [6.07, 6.45) is 0. The highest BCUT2D eigenvalue weighted by Gasteiger charge is 2.26.